The first-order valence-corrected chi connectivity index (χ1v) is 8.61. The van der Waals surface area contributed by atoms with E-state index in [2.05, 4.69) is 45.6 Å². The SMILES string of the molecule is CCc1ccc(N[C@@H]2NC(=O)/C(=C/c3ccc(Br)o3)S2)cc1. The van der Waals surface area contributed by atoms with Crippen molar-refractivity contribution in [1.82, 2.24) is 5.32 Å². The molecule has 0 unspecified atom stereocenters. The fraction of sp³-hybridized carbons (Fsp3) is 0.188. The zero-order valence-corrected chi connectivity index (χ0v) is 14.3. The number of benzene rings is 1. The lowest BCUT2D eigenvalue weighted by Crippen LogP contribution is -2.30. The van der Waals surface area contributed by atoms with Crippen LogP contribution in [0.1, 0.15) is 18.2 Å². The minimum atomic E-state index is -0.176. The van der Waals surface area contributed by atoms with Gasteiger partial charge in [-0.2, -0.15) is 0 Å². The van der Waals surface area contributed by atoms with E-state index in [4.69, 9.17) is 4.42 Å². The molecule has 1 atom stereocenters. The Bertz CT molecular complexity index is 709. The van der Waals surface area contributed by atoms with Crippen LogP contribution in [-0.4, -0.2) is 11.4 Å². The van der Waals surface area contributed by atoms with E-state index in [-0.39, 0.29) is 11.4 Å². The number of aryl methyl sites for hydroxylation is 1. The number of hydrogen-bond acceptors (Lipinski definition) is 4. The average molecular weight is 379 g/mol. The molecule has 1 saturated heterocycles. The third-order valence-electron chi connectivity index (χ3n) is 3.26. The number of rotatable bonds is 4. The first kappa shape index (κ1) is 15.2. The van der Waals surface area contributed by atoms with Crippen molar-refractivity contribution < 1.29 is 9.21 Å². The van der Waals surface area contributed by atoms with Gasteiger partial charge in [0.05, 0.1) is 4.91 Å². The Morgan fingerprint density at radius 3 is 2.73 bits per heavy atom. The third kappa shape index (κ3) is 3.56. The Morgan fingerprint density at radius 2 is 2.09 bits per heavy atom. The standard InChI is InChI=1S/C16H15BrN2O2S/c1-2-10-3-5-11(6-4-10)18-16-19-15(20)13(22-16)9-12-7-8-14(17)21-12/h3-9,16,18H,2H2,1H3,(H,19,20)/b13-9-/t16-/m1/s1. The van der Waals surface area contributed by atoms with Gasteiger partial charge in [-0.05, 0) is 52.2 Å². The third-order valence-corrected chi connectivity index (χ3v) is 4.71. The molecule has 0 aliphatic carbocycles. The zero-order chi connectivity index (χ0) is 15.5. The van der Waals surface area contributed by atoms with Crippen LogP contribution in [0.15, 0.2) is 50.4 Å². The number of hydrogen-bond donors (Lipinski definition) is 2. The summed E-state index contributed by atoms with van der Waals surface area (Å²) in [4.78, 5) is 12.6. The summed E-state index contributed by atoms with van der Waals surface area (Å²) < 4.78 is 6.05. The van der Waals surface area contributed by atoms with Crippen molar-refractivity contribution >= 4 is 45.4 Å². The fourth-order valence-corrected chi connectivity index (χ4v) is 3.37. The van der Waals surface area contributed by atoms with E-state index in [0.717, 1.165) is 12.1 Å². The van der Waals surface area contributed by atoms with E-state index >= 15 is 0 Å². The van der Waals surface area contributed by atoms with Crippen molar-refractivity contribution in [2.75, 3.05) is 5.32 Å². The Morgan fingerprint density at radius 1 is 1.32 bits per heavy atom. The van der Waals surface area contributed by atoms with Gasteiger partial charge in [0, 0.05) is 11.8 Å². The number of anilines is 1. The van der Waals surface area contributed by atoms with Gasteiger partial charge in [-0.15, -0.1) is 0 Å². The lowest BCUT2D eigenvalue weighted by Gasteiger charge is -2.12. The highest BCUT2D eigenvalue weighted by molar-refractivity contribution is 9.10. The van der Waals surface area contributed by atoms with Crippen molar-refractivity contribution in [1.29, 1.82) is 0 Å². The van der Waals surface area contributed by atoms with Crippen LogP contribution in [0.2, 0.25) is 0 Å². The summed E-state index contributed by atoms with van der Waals surface area (Å²) in [5.74, 6) is 0.553. The molecule has 2 aromatic rings. The monoisotopic (exact) mass is 378 g/mol. The Hall–Kier alpha value is -1.66. The average Bonchev–Trinajstić information content (AvgIpc) is 3.06. The van der Waals surface area contributed by atoms with Crippen LogP contribution in [0.5, 0.6) is 0 Å². The number of furan rings is 1. The van der Waals surface area contributed by atoms with Crippen LogP contribution >= 0.6 is 27.7 Å². The molecule has 1 aliphatic rings. The molecular formula is C16H15BrN2O2S. The summed E-state index contributed by atoms with van der Waals surface area (Å²) in [5, 5.41) is 6.19. The van der Waals surface area contributed by atoms with Gasteiger partial charge in [0.25, 0.3) is 5.91 Å². The number of halogens is 1. The molecule has 0 spiro atoms. The Labute approximate surface area is 141 Å². The summed E-state index contributed by atoms with van der Waals surface area (Å²) in [6.45, 7) is 2.12. The summed E-state index contributed by atoms with van der Waals surface area (Å²) in [6.07, 6.45) is 2.76. The predicted octanol–water partition coefficient (Wildman–Crippen LogP) is 4.20. The van der Waals surface area contributed by atoms with Gasteiger partial charge in [0.1, 0.15) is 5.76 Å². The second-order valence-electron chi connectivity index (χ2n) is 4.82. The van der Waals surface area contributed by atoms with Gasteiger partial charge in [0.2, 0.25) is 0 Å². The summed E-state index contributed by atoms with van der Waals surface area (Å²) >= 11 is 4.69. The molecule has 1 aromatic heterocycles. The van der Waals surface area contributed by atoms with Crippen LogP contribution in [0.4, 0.5) is 5.69 Å². The molecule has 2 N–H and O–H groups in total. The minimum Gasteiger partial charge on any atom is -0.450 e. The van der Waals surface area contributed by atoms with Crippen LogP contribution in [0.25, 0.3) is 6.08 Å². The normalized spacial score (nSPS) is 19.5. The van der Waals surface area contributed by atoms with Crippen LogP contribution in [-0.2, 0) is 11.2 Å². The van der Waals surface area contributed by atoms with E-state index in [1.165, 1.54) is 17.3 Å². The number of nitrogens with one attached hydrogen (secondary N) is 2. The Balaban J connectivity index is 1.67. The van der Waals surface area contributed by atoms with Gasteiger partial charge in [-0.25, -0.2) is 0 Å². The number of thioether (sulfide) groups is 1. The number of amides is 1. The largest absolute Gasteiger partial charge is 0.450 e. The molecule has 0 saturated carbocycles. The summed E-state index contributed by atoms with van der Waals surface area (Å²) in [5.41, 5.74) is 2.10. The van der Waals surface area contributed by atoms with Gasteiger partial charge in [-0.3, -0.25) is 4.79 Å². The van der Waals surface area contributed by atoms with Crippen LogP contribution in [0.3, 0.4) is 0 Å². The quantitative estimate of drug-likeness (QED) is 0.782. The maximum Gasteiger partial charge on any atom is 0.260 e. The summed E-state index contributed by atoms with van der Waals surface area (Å²) in [6, 6.07) is 11.8. The number of carbonyl (C=O) groups excluding carboxylic acids is 1. The van der Waals surface area contributed by atoms with Crippen molar-refractivity contribution in [3.63, 3.8) is 0 Å². The molecule has 22 heavy (non-hydrogen) atoms. The first-order valence-electron chi connectivity index (χ1n) is 6.94. The zero-order valence-electron chi connectivity index (χ0n) is 11.9. The molecule has 0 radical (unpaired) electrons. The van der Waals surface area contributed by atoms with Gasteiger partial charge >= 0.3 is 0 Å². The first-order chi connectivity index (χ1) is 10.6. The van der Waals surface area contributed by atoms with Gasteiger partial charge < -0.3 is 15.1 Å². The number of carbonyl (C=O) groups is 1. The smallest absolute Gasteiger partial charge is 0.260 e. The highest BCUT2D eigenvalue weighted by atomic mass is 79.9. The van der Waals surface area contributed by atoms with E-state index in [0.29, 0.717) is 15.3 Å². The van der Waals surface area contributed by atoms with Gasteiger partial charge in [0.15, 0.2) is 10.2 Å². The highest BCUT2D eigenvalue weighted by Crippen LogP contribution is 2.31. The highest BCUT2D eigenvalue weighted by Gasteiger charge is 2.27. The van der Waals surface area contributed by atoms with E-state index in [9.17, 15) is 4.79 Å². The molecule has 6 heteroatoms. The van der Waals surface area contributed by atoms with Crippen molar-refractivity contribution in [3.05, 3.63) is 57.3 Å². The van der Waals surface area contributed by atoms with Crippen molar-refractivity contribution in [2.45, 2.75) is 18.8 Å². The lowest BCUT2D eigenvalue weighted by atomic mass is 10.1. The molecular weight excluding hydrogens is 364 g/mol. The van der Waals surface area contributed by atoms with E-state index < -0.39 is 0 Å². The molecule has 1 fully saturated rings. The molecule has 0 bridgehead atoms. The van der Waals surface area contributed by atoms with Crippen LogP contribution < -0.4 is 10.6 Å². The van der Waals surface area contributed by atoms with Crippen molar-refractivity contribution in [2.24, 2.45) is 0 Å². The molecule has 1 aromatic carbocycles. The molecule has 1 amide bonds. The van der Waals surface area contributed by atoms with Crippen LogP contribution in [0, 0.1) is 0 Å². The fourth-order valence-electron chi connectivity index (χ4n) is 2.09. The van der Waals surface area contributed by atoms with E-state index in [1.54, 1.807) is 12.1 Å². The molecule has 1 aliphatic heterocycles. The predicted molar refractivity (Wildman–Crippen MR) is 93.3 cm³/mol. The van der Waals surface area contributed by atoms with Crippen molar-refractivity contribution in [3.8, 4) is 0 Å². The lowest BCUT2D eigenvalue weighted by molar-refractivity contribution is -0.116. The van der Waals surface area contributed by atoms with Gasteiger partial charge in [-0.1, -0.05) is 30.8 Å². The molecule has 4 nitrogen and oxygen atoms in total. The molecule has 3 rings (SSSR count). The minimum absolute atomic E-state index is 0.0970. The summed E-state index contributed by atoms with van der Waals surface area (Å²) in [7, 11) is 0. The maximum absolute atomic E-state index is 12.0. The topological polar surface area (TPSA) is 54.3 Å². The van der Waals surface area contributed by atoms with E-state index in [1.807, 2.05) is 18.2 Å². The maximum atomic E-state index is 12.0. The Kier molecular flexibility index (Phi) is 4.59. The molecule has 2 heterocycles. The molecule has 114 valence electrons. The second-order valence-corrected chi connectivity index (χ2v) is 6.75. The second kappa shape index (κ2) is 6.62.